The molecule has 0 amide bonds. The summed E-state index contributed by atoms with van der Waals surface area (Å²) in [6.07, 6.45) is 1.11. The third-order valence-electron chi connectivity index (χ3n) is 5.15. The molecule has 9 nitrogen and oxygen atoms in total. The molecule has 3 aromatic rings. The van der Waals surface area contributed by atoms with Crippen LogP contribution < -0.4 is 0 Å². The fourth-order valence-corrected chi connectivity index (χ4v) is 3.96. The minimum Gasteiger partial charge on any atom is -0.457 e. The molecule has 35 heavy (non-hydrogen) atoms. The van der Waals surface area contributed by atoms with Crippen molar-refractivity contribution in [2.24, 2.45) is 0 Å². The maximum Gasteiger partial charge on any atom is 0.338 e. The molecule has 0 radical (unpaired) electrons. The van der Waals surface area contributed by atoms with Gasteiger partial charge in [-0.15, -0.1) is 10.1 Å². The predicted octanol–water partition coefficient (Wildman–Crippen LogP) is 3.56. The van der Waals surface area contributed by atoms with Gasteiger partial charge in [-0.25, -0.2) is 13.2 Å². The van der Waals surface area contributed by atoms with E-state index in [2.05, 4.69) is 4.84 Å². The standard InChI is InChI=1S/C25H23NO8S/c1-35(31,32)22-13-11-20(12-14-22)24(23(15-27)19-5-3-2-4-6-19)17-33-25(28)21-9-7-18(8-10-21)16-34-26(29)30/h2-14,27H,15-17H2,1H3/b24-23-. The van der Waals surface area contributed by atoms with Gasteiger partial charge in [0.15, 0.2) is 9.84 Å². The van der Waals surface area contributed by atoms with Gasteiger partial charge in [0.05, 0.1) is 17.1 Å². The zero-order valence-electron chi connectivity index (χ0n) is 18.8. The van der Waals surface area contributed by atoms with E-state index in [1.807, 2.05) is 30.3 Å². The van der Waals surface area contributed by atoms with E-state index in [1.54, 1.807) is 12.1 Å². The van der Waals surface area contributed by atoms with Crippen molar-refractivity contribution in [1.29, 1.82) is 0 Å². The van der Waals surface area contributed by atoms with Gasteiger partial charge in [0.1, 0.15) is 13.2 Å². The van der Waals surface area contributed by atoms with Crippen LogP contribution >= 0.6 is 0 Å². The number of aliphatic hydroxyl groups excluding tert-OH is 1. The number of carbonyl (C=O) groups excluding carboxylic acids is 1. The molecule has 0 saturated heterocycles. The quantitative estimate of drug-likeness (QED) is 0.195. The zero-order chi connectivity index (χ0) is 25.4. The summed E-state index contributed by atoms with van der Waals surface area (Å²) in [5.41, 5.74) is 3.10. The molecule has 0 aliphatic rings. The van der Waals surface area contributed by atoms with Crippen molar-refractivity contribution in [3.63, 3.8) is 0 Å². The van der Waals surface area contributed by atoms with Crippen molar-refractivity contribution in [2.75, 3.05) is 19.5 Å². The van der Waals surface area contributed by atoms with E-state index < -0.39 is 20.9 Å². The monoisotopic (exact) mass is 497 g/mol. The van der Waals surface area contributed by atoms with Gasteiger partial charge in [-0.05, 0) is 46.5 Å². The molecule has 0 aliphatic heterocycles. The van der Waals surface area contributed by atoms with E-state index in [9.17, 15) is 28.4 Å². The van der Waals surface area contributed by atoms with Crippen LogP contribution in [-0.4, -0.2) is 44.0 Å². The molecule has 3 aromatic carbocycles. The fraction of sp³-hybridized carbons (Fsp3) is 0.160. The van der Waals surface area contributed by atoms with Crippen LogP contribution in [0.1, 0.15) is 27.0 Å². The lowest BCUT2D eigenvalue weighted by molar-refractivity contribution is -0.763. The molecule has 0 saturated carbocycles. The van der Waals surface area contributed by atoms with Crippen molar-refractivity contribution in [1.82, 2.24) is 0 Å². The van der Waals surface area contributed by atoms with Gasteiger partial charge >= 0.3 is 5.97 Å². The Balaban J connectivity index is 1.88. The smallest absolute Gasteiger partial charge is 0.338 e. The molecule has 0 heterocycles. The first-order valence-corrected chi connectivity index (χ1v) is 12.3. The normalized spacial score (nSPS) is 11.9. The number of sulfone groups is 1. The highest BCUT2D eigenvalue weighted by atomic mass is 32.2. The van der Waals surface area contributed by atoms with E-state index in [0.717, 1.165) is 11.8 Å². The van der Waals surface area contributed by atoms with Crippen LogP contribution in [0.5, 0.6) is 0 Å². The van der Waals surface area contributed by atoms with Gasteiger partial charge in [0, 0.05) is 11.8 Å². The number of rotatable bonds is 10. The lowest BCUT2D eigenvalue weighted by Gasteiger charge is -2.16. The van der Waals surface area contributed by atoms with Gasteiger partial charge in [-0.1, -0.05) is 54.6 Å². The highest BCUT2D eigenvalue weighted by molar-refractivity contribution is 7.90. The lowest BCUT2D eigenvalue weighted by Crippen LogP contribution is -2.10. The van der Waals surface area contributed by atoms with E-state index in [-0.39, 0.29) is 30.3 Å². The van der Waals surface area contributed by atoms with Crippen molar-refractivity contribution >= 4 is 27.0 Å². The third-order valence-corrected chi connectivity index (χ3v) is 6.28. The minimum absolute atomic E-state index is 0.143. The van der Waals surface area contributed by atoms with E-state index in [0.29, 0.717) is 22.3 Å². The second kappa shape index (κ2) is 11.4. The number of carbonyl (C=O) groups is 1. The lowest BCUT2D eigenvalue weighted by atomic mass is 9.95. The van der Waals surface area contributed by atoms with Gasteiger partial charge in [0.2, 0.25) is 0 Å². The summed E-state index contributed by atoms with van der Waals surface area (Å²) in [5.74, 6) is -0.637. The summed E-state index contributed by atoms with van der Waals surface area (Å²) in [4.78, 5) is 27.4. The summed E-state index contributed by atoms with van der Waals surface area (Å²) in [7, 11) is -3.39. The largest absolute Gasteiger partial charge is 0.457 e. The molecule has 0 bridgehead atoms. The maximum atomic E-state index is 12.7. The Kier molecular flexibility index (Phi) is 8.34. The van der Waals surface area contributed by atoms with Crippen LogP contribution in [0, 0.1) is 10.1 Å². The SMILES string of the molecule is CS(=O)(=O)c1ccc(/C(COC(=O)c2ccc(CO[N+](=O)[O-])cc2)=C(/CO)c2ccccc2)cc1. The van der Waals surface area contributed by atoms with Crippen LogP contribution in [0.2, 0.25) is 0 Å². The summed E-state index contributed by atoms with van der Waals surface area (Å²) >= 11 is 0. The second-order valence-corrected chi connectivity index (χ2v) is 9.56. The van der Waals surface area contributed by atoms with Crippen molar-refractivity contribution < 1.29 is 33.0 Å². The van der Waals surface area contributed by atoms with Gasteiger partial charge in [-0.2, -0.15) is 0 Å². The van der Waals surface area contributed by atoms with Gasteiger partial charge in [0.25, 0.3) is 5.09 Å². The topological polar surface area (TPSA) is 133 Å². The highest BCUT2D eigenvalue weighted by Gasteiger charge is 2.16. The Bertz CT molecular complexity index is 1320. The molecule has 10 heteroatoms. The fourth-order valence-electron chi connectivity index (χ4n) is 3.33. The molecule has 0 aliphatic carbocycles. The number of ether oxygens (including phenoxy) is 1. The number of esters is 1. The Morgan fingerprint density at radius 2 is 1.46 bits per heavy atom. The van der Waals surface area contributed by atoms with E-state index in [4.69, 9.17) is 4.74 Å². The second-order valence-electron chi connectivity index (χ2n) is 7.55. The maximum absolute atomic E-state index is 12.7. The molecule has 0 fully saturated rings. The number of hydrogen-bond donors (Lipinski definition) is 1. The first kappa shape index (κ1) is 25.6. The Morgan fingerprint density at radius 3 is 2.00 bits per heavy atom. The first-order chi connectivity index (χ1) is 16.7. The van der Waals surface area contributed by atoms with Crippen LogP contribution in [-0.2, 0) is 26.0 Å². The zero-order valence-corrected chi connectivity index (χ0v) is 19.6. The summed E-state index contributed by atoms with van der Waals surface area (Å²) in [6.45, 7) is -0.764. The molecular weight excluding hydrogens is 474 g/mol. The number of nitrogens with zero attached hydrogens (tertiary/aromatic N) is 1. The Hall–Kier alpha value is -4.02. The molecule has 1 N–H and O–H groups in total. The summed E-state index contributed by atoms with van der Waals surface area (Å²) < 4.78 is 29.2. The van der Waals surface area contributed by atoms with Crippen molar-refractivity contribution in [3.05, 3.63) is 111 Å². The van der Waals surface area contributed by atoms with Gasteiger partial charge in [-0.3, -0.25) is 0 Å². The molecule has 3 rings (SSSR count). The van der Waals surface area contributed by atoms with E-state index >= 15 is 0 Å². The first-order valence-electron chi connectivity index (χ1n) is 10.4. The summed E-state index contributed by atoms with van der Waals surface area (Å²) in [6, 6.07) is 21.2. The van der Waals surface area contributed by atoms with Crippen LogP contribution in [0.15, 0.2) is 83.8 Å². The minimum atomic E-state index is -3.39. The van der Waals surface area contributed by atoms with Crippen molar-refractivity contribution in [3.8, 4) is 0 Å². The van der Waals surface area contributed by atoms with Gasteiger partial charge < -0.3 is 14.7 Å². The number of aliphatic hydroxyl groups is 1. The average molecular weight is 498 g/mol. The summed E-state index contributed by atoms with van der Waals surface area (Å²) in [5, 5.41) is 19.6. The molecule has 0 aromatic heterocycles. The molecule has 182 valence electrons. The molecule has 0 spiro atoms. The van der Waals surface area contributed by atoms with Crippen molar-refractivity contribution in [2.45, 2.75) is 11.5 Å². The molecule has 0 atom stereocenters. The van der Waals surface area contributed by atoms with E-state index in [1.165, 1.54) is 36.4 Å². The van der Waals surface area contributed by atoms with Crippen LogP contribution in [0.3, 0.4) is 0 Å². The highest BCUT2D eigenvalue weighted by Crippen LogP contribution is 2.28. The predicted molar refractivity (Wildman–Crippen MR) is 128 cm³/mol. The molecule has 0 unspecified atom stereocenters. The van der Waals surface area contributed by atoms with Crippen LogP contribution in [0.4, 0.5) is 0 Å². The third kappa shape index (κ3) is 6.98. The Morgan fingerprint density at radius 1 is 0.886 bits per heavy atom. The number of benzene rings is 3. The van der Waals surface area contributed by atoms with Crippen LogP contribution in [0.25, 0.3) is 11.1 Å². The average Bonchev–Trinajstić information content (AvgIpc) is 2.85. The number of hydrogen-bond acceptors (Lipinski definition) is 8. The Labute approximate surface area is 202 Å². The molecular formula is C25H23NO8S.